The second-order valence-corrected chi connectivity index (χ2v) is 4.39. The van der Waals surface area contributed by atoms with E-state index in [1.807, 2.05) is 0 Å². The average Bonchev–Trinajstić information content (AvgIpc) is 1.99. The van der Waals surface area contributed by atoms with Gasteiger partial charge in [0.2, 0.25) is 0 Å². The quantitative estimate of drug-likeness (QED) is 0.566. The van der Waals surface area contributed by atoms with Crippen molar-refractivity contribution in [3.8, 4) is 0 Å². The van der Waals surface area contributed by atoms with Gasteiger partial charge in [0.1, 0.15) is 0 Å². The van der Waals surface area contributed by atoms with E-state index >= 15 is 0 Å². The van der Waals surface area contributed by atoms with Crippen molar-refractivity contribution in [3.63, 3.8) is 0 Å². The third kappa shape index (κ3) is 2.70. The van der Waals surface area contributed by atoms with Gasteiger partial charge in [0.15, 0.2) is 5.78 Å². The van der Waals surface area contributed by atoms with Gasteiger partial charge in [-0.1, -0.05) is 0 Å². The molecule has 0 fully saturated rings. The number of hydrogen-bond donors (Lipinski definition) is 0. The van der Waals surface area contributed by atoms with Crippen LogP contribution in [0.2, 0.25) is 0 Å². The Bertz CT molecular complexity index is 410. The molecule has 1 aromatic rings. The van der Waals surface area contributed by atoms with Crippen LogP contribution in [-0.4, -0.2) is 5.78 Å². The summed E-state index contributed by atoms with van der Waals surface area (Å²) in [7, 11) is 0. The lowest BCUT2D eigenvalue weighted by Crippen LogP contribution is -2.13. The summed E-state index contributed by atoms with van der Waals surface area (Å²) >= 11 is 1.75. The molecule has 0 radical (unpaired) electrons. The van der Waals surface area contributed by atoms with Crippen LogP contribution in [-0.2, 0) is 6.18 Å². The Balaban J connectivity index is 3.54. The highest BCUT2D eigenvalue weighted by Crippen LogP contribution is 2.34. The van der Waals surface area contributed by atoms with E-state index in [1.54, 1.807) is 35.6 Å². The Hall–Kier alpha value is -0.590. The lowest BCUT2D eigenvalue weighted by Gasteiger charge is -2.13. The highest BCUT2D eigenvalue weighted by atomic mass is 127. The highest BCUT2D eigenvalue weighted by molar-refractivity contribution is 14.1. The molecular formula is C10H8F3IO. The molecule has 0 amide bonds. The maximum absolute atomic E-state index is 12.6. The van der Waals surface area contributed by atoms with Gasteiger partial charge in [0.05, 0.1) is 5.56 Å². The van der Waals surface area contributed by atoms with E-state index in [2.05, 4.69) is 0 Å². The molecule has 1 aromatic carbocycles. The van der Waals surface area contributed by atoms with Crippen LogP contribution >= 0.6 is 22.6 Å². The van der Waals surface area contributed by atoms with Gasteiger partial charge >= 0.3 is 6.18 Å². The maximum atomic E-state index is 12.6. The van der Waals surface area contributed by atoms with E-state index in [-0.39, 0.29) is 5.56 Å². The first-order valence-corrected chi connectivity index (χ1v) is 5.19. The SMILES string of the molecule is CC(=O)c1c(I)cc(C)cc1C(F)(F)F. The molecule has 0 aliphatic rings. The van der Waals surface area contributed by atoms with Crippen molar-refractivity contribution in [3.05, 3.63) is 32.4 Å². The fourth-order valence-corrected chi connectivity index (χ4v) is 2.49. The third-order valence-corrected chi connectivity index (χ3v) is 2.74. The van der Waals surface area contributed by atoms with E-state index in [1.165, 1.54) is 0 Å². The molecule has 82 valence electrons. The summed E-state index contributed by atoms with van der Waals surface area (Å²) < 4.78 is 38.2. The van der Waals surface area contributed by atoms with Crippen LogP contribution in [0.4, 0.5) is 13.2 Å². The van der Waals surface area contributed by atoms with E-state index < -0.39 is 17.5 Å². The van der Waals surface area contributed by atoms with Gasteiger partial charge in [0, 0.05) is 9.13 Å². The number of Topliss-reactive ketones (excluding diaryl/α,β-unsaturated/α-hetero) is 1. The van der Waals surface area contributed by atoms with Crippen molar-refractivity contribution in [1.29, 1.82) is 0 Å². The molecule has 0 aromatic heterocycles. The summed E-state index contributed by atoms with van der Waals surface area (Å²) in [4.78, 5) is 11.1. The van der Waals surface area contributed by atoms with Crippen LogP contribution in [0.15, 0.2) is 12.1 Å². The molecule has 0 aliphatic heterocycles. The smallest absolute Gasteiger partial charge is 0.294 e. The van der Waals surface area contributed by atoms with Gasteiger partial charge in [-0.25, -0.2) is 0 Å². The summed E-state index contributed by atoms with van der Waals surface area (Å²) in [6.07, 6.45) is -4.48. The summed E-state index contributed by atoms with van der Waals surface area (Å²) in [5, 5.41) is 0. The Morgan fingerprint density at radius 2 is 1.87 bits per heavy atom. The lowest BCUT2D eigenvalue weighted by atomic mass is 10.0. The number of aryl methyl sites for hydroxylation is 1. The Labute approximate surface area is 98.8 Å². The summed E-state index contributed by atoms with van der Waals surface area (Å²) in [6, 6.07) is 2.56. The van der Waals surface area contributed by atoms with Gasteiger partial charge < -0.3 is 0 Å². The number of benzene rings is 1. The van der Waals surface area contributed by atoms with Crippen molar-refractivity contribution in [1.82, 2.24) is 0 Å². The second-order valence-electron chi connectivity index (χ2n) is 3.22. The fraction of sp³-hybridized carbons (Fsp3) is 0.300. The molecule has 15 heavy (non-hydrogen) atoms. The number of rotatable bonds is 1. The Morgan fingerprint density at radius 3 is 2.27 bits per heavy atom. The van der Waals surface area contributed by atoms with E-state index in [9.17, 15) is 18.0 Å². The zero-order valence-corrected chi connectivity index (χ0v) is 10.2. The number of ketones is 1. The molecule has 0 saturated heterocycles. The summed E-state index contributed by atoms with van der Waals surface area (Å²) in [6.45, 7) is 2.71. The molecule has 0 atom stereocenters. The molecule has 0 N–H and O–H groups in total. The van der Waals surface area contributed by atoms with Crippen LogP contribution in [0.1, 0.15) is 28.4 Å². The van der Waals surface area contributed by atoms with Crippen molar-refractivity contribution < 1.29 is 18.0 Å². The predicted molar refractivity (Wildman–Crippen MR) is 58.9 cm³/mol. The second kappa shape index (κ2) is 4.11. The van der Waals surface area contributed by atoms with Crippen molar-refractivity contribution in [2.75, 3.05) is 0 Å². The topological polar surface area (TPSA) is 17.1 Å². The number of carbonyl (C=O) groups excluding carboxylic acids is 1. The third-order valence-electron chi connectivity index (χ3n) is 1.89. The largest absolute Gasteiger partial charge is 0.417 e. The van der Waals surface area contributed by atoms with Crippen molar-refractivity contribution in [2.24, 2.45) is 0 Å². The zero-order valence-electron chi connectivity index (χ0n) is 8.07. The molecular weight excluding hydrogens is 320 g/mol. The summed E-state index contributed by atoms with van der Waals surface area (Å²) in [5.74, 6) is -0.563. The molecule has 5 heteroatoms. The minimum Gasteiger partial charge on any atom is -0.294 e. The molecule has 0 unspecified atom stereocenters. The van der Waals surface area contributed by atoms with Crippen LogP contribution in [0.3, 0.4) is 0 Å². The van der Waals surface area contributed by atoms with Crippen LogP contribution in [0, 0.1) is 10.5 Å². The average molecular weight is 328 g/mol. The first-order valence-electron chi connectivity index (χ1n) is 4.11. The minimum absolute atomic E-state index is 0.242. The fourth-order valence-electron chi connectivity index (χ4n) is 1.32. The Morgan fingerprint density at radius 1 is 1.33 bits per heavy atom. The highest BCUT2D eigenvalue weighted by Gasteiger charge is 2.35. The van der Waals surface area contributed by atoms with E-state index in [4.69, 9.17) is 0 Å². The number of hydrogen-bond acceptors (Lipinski definition) is 1. The number of alkyl halides is 3. The van der Waals surface area contributed by atoms with Crippen LogP contribution in [0.25, 0.3) is 0 Å². The van der Waals surface area contributed by atoms with Crippen LogP contribution < -0.4 is 0 Å². The van der Waals surface area contributed by atoms with E-state index in [0.29, 0.717) is 9.13 Å². The van der Waals surface area contributed by atoms with Gasteiger partial charge in [-0.2, -0.15) is 13.2 Å². The number of halogens is 4. The standard InChI is InChI=1S/C10H8F3IO/c1-5-3-7(10(11,12)13)9(6(2)15)8(14)4-5/h3-4H,1-2H3. The molecule has 0 aliphatic carbocycles. The lowest BCUT2D eigenvalue weighted by molar-refractivity contribution is -0.138. The van der Waals surface area contributed by atoms with Gasteiger partial charge in [-0.15, -0.1) is 0 Å². The molecule has 1 rings (SSSR count). The van der Waals surface area contributed by atoms with Gasteiger partial charge in [0.25, 0.3) is 0 Å². The van der Waals surface area contributed by atoms with Crippen molar-refractivity contribution in [2.45, 2.75) is 20.0 Å². The molecule has 1 nitrogen and oxygen atoms in total. The normalized spacial score (nSPS) is 11.6. The van der Waals surface area contributed by atoms with Gasteiger partial charge in [-0.05, 0) is 54.1 Å². The van der Waals surface area contributed by atoms with Crippen LogP contribution in [0.5, 0.6) is 0 Å². The van der Waals surface area contributed by atoms with Gasteiger partial charge in [-0.3, -0.25) is 4.79 Å². The first-order chi connectivity index (χ1) is 6.73. The molecule has 0 bridgehead atoms. The monoisotopic (exact) mass is 328 g/mol. The zero-order chi connectivity index (χ0) is 11.8. The summed E-state index contributed by atoms with van der Waals surface area (Å²) in [5.41, 5.74) is -0.593. The molecule has 0 spiro atoms. The number of carbonyl (C=O) groups is 1. The molecule has 0 saturated carbocycles. The Kier molecular flexibility index (Phi) is 3.42. The van der Waals surface area contributed by atoms with Crippen molar-refractivity contribution >= 4 is 28.4 Å². The maximum Gasteiger partial charge on any atom is 0.417 e. The first kappa shape index (κ1) is 12.5. The molecule has 0 heterocycles. The predicted octanol–water partition coefficient (Wildman–Crippen LogP) is 3.82. The van der Waals surface area contributed by atoms with E-state index in [0.717, 1.165) is 13.0 Å². The minimum atomic E-state index is -4.48.